The molecule has 0 spiro atoms. The van der Waals surface area contributed by atoms with Crippen LogP contribution < -0.4 is 14.9 Å². The minimum absolute atomic E-state index is 0.0921. The fourth-order valence-corrected chi connectivity index (χ4v) is 9.39. The van der Waals surface area contributed by atoms with Crippen molar-refractivity contribution >= 4 is 67.2 Å². The van der Waals surface area contributed by atoms with Crippen LogP contribution in [0.1, 0.15) is 18.4 Å². The number of benzene rings is 5. The Morgan fingerprint density at radius 3 is 2.39 bits per heavy atom. The van der Waals surface area contributed by atoms with Crippen molar-refractivity contribution in [1.82, 2.24) is 19.8 Å². The average molecular weight is 851 g/mol. The van der Waals surface area contributed by atoms with Crippen LogP contribution in [0, 0.1) is 10.1 Å². The van der Waals surface area contributed by atoms with Gasteiger partial charge in [-0.1, -0.05) is 66.2 Å². The highest BCUT2D eigenvalue weighted by Crippen LogP contribution is 2.33. The summed E-state index contributed by atoms with van der Waals surface area (Å²) in [5, 5.41) is 16.9. The standard InChI is InChI=1S/C44H47ClN8O4S2/c1-50(2)22-8-10-35(30-58-37-11-4-3-5-12-37)48-41-21-19-38(28-43(41)53(54)55)59(56,57)49-44-40-20-18-36(27-42(40)46-31-47-44)52-25-23-51(24-26-52)29-33-9-6-7-13-39(33)32-14-16-34(45)17-15-32/h3-7,9,11-21,27-28,31,35,48H,8,10,22-26,29-30H2,1-2H3,(H,46,47,49). The molecule has 2 N–H and O–H groups in total. The van der Waals surface area contributed by atoms with Crippen LogP contribution in [-0.4, -0.2) is 91.7 Å². The molecule has 1 unspecified atom stereocenters. The maximum atomic E-state index is 13.8. The van der Waals surface area contributed by atoms with E-state index < -0.39 is 14.9 Å². The minimum Gasteiger partial charge on any atom is -0.376 e. The summed E-state index contributed by atoms with van der Waals surface area (Å²) in [6.45, 7) is 5.06. The number of nitro benzene ring substituents is 1. The molecule has 12 nitrogen and oxygen atoms in total. The summed E-state index contributed by atoms with van der Waals surface area (Å²) in [6, 6.07) is 36.0. The SMILES string of the molecule is CN(C)CCCC(CSc1ccccc1)Nc1ccc(S(=O)(=O)Nc2ncnc3cc(N4CCN(Cc5ccccc5-c5ccc(Cl)cc5)CC4)ccc23)cc1[N+](=O)[O-]. The number of halogens is 1. The van der Waals surface area contributed by atoms with Gasteiger partial charge in [0.1, 0.15) is 12.0 Å². The molecule has 1 aromatic heterocycles. The van der Waals surface area contributed by atoms with Gasteiger partial charge in [0.15, 0.2) is 5.82 Å². The van der Waals surface area contributed by atoms with Crippen molar-refractivity contribution in [2.75, 3.05) is 67.5 Å². The molecule has 0 amide bonds. The number of rotatable bonds is 17. The predicted molar refractivity (Wildman–Crippen MR) is 240 cm³/mol. The van der Waals surface area contributed by atoms with Gasteiger partial charge < -0.3 is 15.1 Å². The first-order valence-electron chi connectivity index (χ1n) is 19.5. The van der Waals surface area contributed by atoms with Crippen LogP contribution in [0.15, 0.2) is 131 Å². The third kappa shape index (κ3) is 10.9. The quantitative estimate of drug-likeness (QED) is 0.0517. The first kappa shape index (κ1) is 41.9. The van der Waals surface area contributed by atoms with Gasteiger partial charge in [-0.25, -0.2) is 18.4 Å². The Hall–Kier alpha value is -5.25. The number of nitrogens with one attached hydrogen (secondary N) is 2. The van der Waals surface area contributed by atoms with Gasteiger partial charge in [0.25, 0.3) is 15.7 Å². The zero-order chi connectivity index (χ0) is 41.4. The summed E-state index contributed by atoms with van der Waals surface area (Å²) in [5.74, 6) is 0.768. The Morgan fingerprint density at radius 2 is 1.64 bits per heavy atom. The zero-order valence-electron chi connectivity index (χ0n) is 33.0. The number of sulfonamides is 1. The number of nitrogens with zero attached hydrogens (tertiary/aromatic N) is 6. The molecular weight excluding hydrogens is 804 g/mol. The van der Waals surface area contributed by atoms with Gasteiger partial charge in [-0.3, -0.25) is 19.7 Å². The first-order valence-corrected chi connectivity index (χ1v) is 22.3. The minimum atomic E-state index is -4.27. The molecule has 1 aliphatic rings. The molecular formula is C44H47ClN8O4S2. The van der Waals surface area contributed by atoms with Crippen LogP contribution in [0.2, 0.25) is 5.02 Å². The first-order chi connectivity index (χ1) is 28.5. The smallest absolute Gasteiger partial charge is 0.293 e. The van der Waals surface area contributed by atoms with Crippen molar-refractivity contribution < 1.29 is 13.3 Å². The van der Waals surface area contributed by atoms with Gasteiger partial charge in [-0.2, -0.15) is 0 Å². The molecule has 1 aliphatic heterocycles. The van der Waals surface area contributed by atoms with E-state index in [0.717, 1.165) is 74.3 Å². The zero-order valence-corrected chi connectivity index (χ0v) is 35.4. The summed E-state index contributed by atoms with van der Waals surface area (Å²) in [6.07, 6.45) is 2.98. The van der Waals surface area contributed by atoms with Crippen molar-refractivity contribution in [2.24, 2.45) is 0 Å². The number of anilines is 3. The van der Waals surface area contributed by atoms with E-state index in [1.54, 1.807) is 11.8 Å². The maximum absolute atomic E-state index is 13.8. The van der Waals surface area contributed by atoms with Gasteiger partial charge in [0.05, 0.1) is 15.3 Å². The summed E-state index contributed by atoms with van der Waals surface area (Å²) in [4.78, 5) is 28.2. The third-order valence-corrected chi connectivity index (χ3v) is 13.1. The Bertz CT molecular complexity index is 2490. The molecule has 2 heterocycles. The van der Waals surface area contributed by atoms with E-state index in [1.165, 1.54) is 29.6 Å². The topological polar surface area (TPSA) is 137 Å². The second-order valence-electron chi connectivity index (χ2n) is 14.8. The molecule has 1 atom stereocenters. The van der Waals surface area contributed by atoms with E-state index in [4.69, 9.17) is 11.6 Å². The molecule has 0 radical (unpaired) electrons. The molecule has 59 heavy (non-hydrogen) atoms. The van der Waals surface area contributed by atoms with Gasteiger partial charge in [0, 0.05) is 71.6 Å². The van der Waals surface area contributed by atoms with Crippen molar-refractivity contribution in [1.29, 1.82) is 0 Å². The lowest BCUT2D eigenvalue weighted by Crippen LogP contribution is -2.46. The number of piperazine rings is 1. The molecule has 0 bridgehead atoms. The number of hydrogen-bond acceptors (Lipinski definition) is 11. The van der Waals surface area contributed by atoms with E-state index in [1.807, 2.05) is 74.8 Å². The maximum Gasteiger partial charge on any atom is 0.293 e. The Morgan fingerprint density at radius 1 is 0.898 bits per heavy atom. The second-order valence-corrected chi connectivity index (χ2v) is 18.0. The Kier molecular flexibility index (Phi) is 13.6. The molecule has 306 valence electrons. The number of fused-ring (bicyclic) bond motifs is 1. The summed E-state index contributed by atoms with van der Waals surface area (Å²) < 4.78 is 30.1. The molecule has 7 rings (SSSR count). The number of aromatic nitrogens is 2. The number of thioether (sulfide) groups is 1. The monoisotopic (exact) mass is 850 g/mol. The molecule has 6 aromatic rings. The van der Waals surface area contributed by atoms with Crippen LogP contribution >= 0.6 is 23.4 Å². The lowest BCUT2D eigenvalue weighted by molar-refractivity contribution is -0.384. The van der Waals surface area contributed by atoms with E-state index in [-0.39, 0.29) is 28.1 Å². The lowest BCUT2D eigenvalue weighted by Gasteiger charge is -2.36. The van der Waals surface area contributed by atoms with Crippen molar-refractivity contribution in [2.45, 2.75) is 35.2 Å². The van der Waals surface area contributed by atoms with Gasteiger partial charge in [-0.05, 0) is 105 Å². The van der Waals surface area contributed by atoms with E-state index in [0.29, 0.717) is 21.7 Å². The third-order valence-electron chi connectivity index (χ3n) is 10.3. The van der Waals surface area contributed by atoms with E-state index in [9.17, 15) is 18.5 Å². The largest absolute Gasteiger partial charge is 0.376 e. The highest BCUT2D eigenvalue weighted by atomic mass is 35.5. The Balaban J connectivity index is 1.02. The normalized spacial score (nSPS) is 14.1. The van der Waals surface area contributed by atoms with Crippen molar-refractivity contribution in [3.63, 3.8) is 0 Å². The van der Waals surface area contributed by atoms with Gasteiger partial charge in [-0.15, -0.1) is 11.8 Å². The molecule has 15 heteroatoms. The fraction of sp³-hybridized carbons (Fsp3) is 0.273. The van der Waals surface area contributed by atoms with Gasteiger partial charge in [0.2, 0.25) is 0 Å². The molecule has 0 saturated carbocycles. The van der Waals surface area contributed by atoms with Gasteiger partial charge >= 0.3 is 0 Å². The summed E-state index contributed by atoms with van der Waals surface area (Å²) in [5.41, 5.74) is 5.10. The van der Waals surface area contributed by atoms with Crippen LogP contribution in [0.25, 0.3) is 22.0 Å². The molecule has 5 aromatic carbocycles. The lowest BCUT2D eigenvalue weighted by atomic mass is 9.99. The highest BCUT2D eigenvalue weighted by Gasteiger charge is 2.25. The van der Waals surface area contributed by atoms with E-state index in [2.05, 4.69) is 71.1 Å². The fourth-order valence-electron chi connectivity index (χ4n) is 7.22. The van der Waals surface area contributed by atoms with Crippen molar-refractivity contribution in [3.8, 4) is 11.1 Å². The van der Waals surface area contributed by atoms with E-state index >= 15 is 0 Å². The van der Waals surface area contributed by atoms with Crippen LogP contribution in [0.4, 0.5) is 22.9 Å². The molecule has 1 fully saturated rings. The predicted octanol–water partition coefficient (Wildman–Crippen LogP) is 8.90. The average Bonchev–Trinajstić information content (AvgIpc) is 3.23. The molecule has 0 aliphatic carbocycles. The summed E-state index contributed by atoms with van der Waals surface area (Å²) in [7, 11) is -0.246. The van der Waals surface area contributed by atoms with Crippen LogP contribution in [0.5, 0.6) is 0 Å². The second kappa shape index (κ2) is 19.2. The summed E-state index contributed by atoms with van der Waals surface area (Å²) >= 11 is 7.81. The van der Waals surface area contributed by atoms with Crippen LogP contribution in [0.3, 0.4) is 0 Å². The highest BCUT2D eigenvalue weighted by molar-refractivity contribution is 7.99. The number of nitro groups is 1. The molecule has 1 saturated heterocycles. The Labute approximate surface area is 354 Å². The van der Waals surface area contributed by atoms with Crippen molar-refractivity contribution in [3.05, 3.63) is 142 Å². The number of hydrogen-bond donors (Lipinski definition) is 2. The van der Waals surface area contributed by atoms with Crippen LogP contribution in [-0.2, 0) is 16.6 Å².